The van der Waals surface area contributed by atoms with E-state index in [0.29, 0.717) is 0 Å². The van der Waals surface area contributed by atoms with Crippen molar-refractivity contribution in [1.82, 2.24) is 0 Å². The van der Waals surface area contributed by atoms with E-state index >= 15 is 0 Å². The molecule has 0 aromatic rings. The second kappa shape index (κ2) is 4.50. The first-order chi connectivity index (χ1) is 5.54. The molecular weight excluding hydrogens is 172 g/mol. The zero-order valence-electron chi connectivity index (χ0n) is 6.33. The fourth-order valence-electron chi connectivity index (χ4n) is 0.422. The molecule has 0 unspecified atom stereocenters. The lowest BCUT2D eigenvalue weighted by atomic mass is 10.3. The number of alkyl halides is 2. The van der Waals surface area contributed by atoms with Gasteiger partial charge in [-0.1, -0.05) is 5.11 Å². The van der Waals surface area contributed by atoms with E-state index in [9.17, 15) is 13.6 Å². The summed E-state index contributed by atoms with van der Waals surface area (Å²) in [7, 11) is 0. The smallest absolute Gasteiger partial charge is 0.377 e. The minimum absolute atomic E-state index is 0.134. The van der Waals surface area contributed by atoms with Crippen LogP contribution in [0, 0.1) is 0 Å². The summed E-state index contributed by atoms with van der Waals surface area (Å²) in [6, 6.07) is 0. The van der Waals surface area contributed by atoms with Gasteiger partial charge in [0.15, 0.2) is 0 Å². The average Bonchev–Trinajstić information content (AvgIpc) is 2.01. The third-order valence-corrected chi connectivity index (χ3v) is 0.907. The van der Waals surface area contributed by atoms with Crippen LogP contribution in [0.25, 0.3) is 10.4 Å². The lowest BCUT2D eigenvalue weighted by molar-refractivity contribution is -0.169. The zero-order valence-corrected chi connectivity index (χ0v) is 6.33. The molecule has 7 heteroatoms. The van der Waals surface area contributed by atoms with E-state index in [1.807, 2.05) is 0 Å². The van der Waals surface area contributed by atoms with Crippen LogP contribution in [0.2, 0.25) is 0 Å². The van der Waals surface area contributed by atoms with Crippen LogP contribution in [-0.2, 0) is 9.53 Å². The van der Waals surface area contributed by atoms with Gasteiger partial charge in [0.05, 0.1) is 6.61 Å². The summed E-state index contributed by atoms with van der Waals surface area (Å²) >= 11 is 0. The Morgan fingerprint density at radius 2 is 2.33 bits per heavy atom. The van der Waals surface area contributed by atoms with Gasteiger partial charge in [-0.3, -0.25) is 0 Å². The number of rotatable bonds is 4. The van der Waals surface area contributed by atoms with Gasteiger partial charge in [-0.25, -0.2) is 4.79 Å². The van der Waals surface area contributed by atoms with E-state index in [0.717, 1.165) is 0 Å². The van der Waals surface area contributed by atoms with Crippen LogP contribution >= 0.6 is 0 Å². The Morgan fingerprint density at radius 1 is 1.75 bits per heavy atom. The molecule has 0 bridgehead atoms. The molecule has 12 heavy (non-hydrogen) atoms. The summed E-state index contributed by atoms with van der Waals surface area (Å²) in [6.45, 7) is 0.0641. The van der Waals surface area contributed by atoms with Crippen LogP contribution < -0.4 is 0 Å². The van der Waals surface area contributed by atoms with E-state index in [-0.39, 0.29) is 6.61 Å². The van der Waals surface area contributed by atoms with Crippen LogP contribution in [-0.4, -0.2) is 25.0 Å². The number of carbonyl (C=O) groups excluding carboxylic acids is 1. The minimum atomic E-state index is -3.72. The number of hydrogen-bond donors (Lipinski definition) is 0. The summed E-state index contributed by atoms with van der Waals surface area (Å²) in [6.07, 6.45) is 0. The maximum Gasteiger partial charge on any atom is 0.377 e. The van der Waals surface area contributed by atoms with E-state index in [1.165, 1.54) is 6.92 Å². The Kier molecular flexibility index (Phi) is 3.99. The Labute approximate surface area is 66.9 Å². The quantitative estimate of drug-likeness (QED) is 0.284. The van der Waals surface area contributed by atoms with E-state index in [4.69, 9.17) is 5.53 Å². The molecular formula is C5H7F2N3O2. The summed E-state index contributed by atoms with van der Waals surface area (Å²) in [5.41, 5.74) is 7.71. The fourth-order valence-corrected chi connectivity index (χ4v) is 0.422. The van der Waals surface area contributed by atoms with Crippen molar-refractivity contribution in [3.05, 3.63) is 10.4 Å². The Balaban J connectivity index is 4.17. The molecule has 0 atom stereocenters. The third-order valence-electron chi connectivity index (χ3n) is 0.907. The lowest BCUT2D eigenvalue weighted by Crippen LogP contribution is -2.33. The normalized spacial score (nSPS) is 10.2. The highest BCUT2D eigenvalue weighted by Gasteiger charge is 2.39. The number of halogens is 2. The molecule has 0 radical (unpaired) electrons. The molecule has 68 valence electrons. The molecule has 5 nitrogen and oxygen atoms in total. The Bertz CT molecular complexity index is 213. The molecule has 0 saturated carbocycles. The van der Waals surface area contributed by atoms with Gasteiger partial charge < -0.3 is 4.74 Å². The lowest BCUT2D eigenvalue weighted by Gasteiger charge is -2.10. The van der Waals surface area contributed by atoms with Crippen LogP contribution in [0.5, 0.6) is 0 Å². The topological polar surface area (TPSA) is 75.1 Å². The van der Waals surface area contributed by atoms with Gasteiger partial charge in [0.1, 0.15) is 6.54 Å². The molecule has 0 heterocycles. The minimum Gasteiger partial charge on any atom is -0.462 e. The number of esters is 1. The van der Waals surface area contributed by atoms with Crippen molar-refractivity contribution >= 4 is 5.97 Å². The SMILES string of the molecule is CCOC(=O)C(F)(F)CN=[N+]=[N-]. The van der Waals surface area contributed by atoms with Gasteiger partial charge in [-0.05, 0) is 12.5 Å². The van der Waals surface area contributed by atoms with Gasteiger partial charge in [0.25, 0.3) is 0 Å². The third kappa shape index (κ3) is 3.16. The van der Waals surface area contributed by atoms with Gasteiger partial charge in [-0.15, -0.1) is 0 Å². The van der Waals surface area contributed by atoms with Gasteiger partial charge >= 0.3 is 11.9 Å². The highest BCUT2D eigenvalue weighted by molar-refractivity contribution is 5.77. The first-order valence-corrected chi connectivity index (χ1v) is 3.10. The number of nitrogens with zero attached hydrogens (tertiary/aromatic N) is 3. The maximum absolute atomic E-state index is 12.5. The van der Waals surface area contributed by atoms with Gasteiger partial charge in [-0.2, -0.15) is 8.78 Å². The van der Waals surface area contributed by atoms with Crippen molar-refractivity contribution in [3.8, 4) is 0 Å². The van der Waals surface area contributed by atoms with Crippen LogP contribution in [0.1, 0.15) is 6.92 Å². The largest absolute Gasteiger partial charge is 0.462 e. The number of azide groups is 1. The number of carbonyl (C=O) groups is 1. The first kappa shape index (κ1) is 10.6. The highest BCUT2D eigenvalue weighted by Crippen LogP contribution is 2.15. The predicted octanol–water partition coefficient (Wildman–Crippen LogP) is 1.50. The molecule has 0 amide bonds. The number of hydrogen-bond acceptors (Lipinski definition) is 3. The molecule has 0 aliphatic heterocycles. The van der Waals surface area contributed by atoms with Crippen molar-refractivity contribution in [3.63, 3.8) is 0 Å². The van der Waals surface area contributed by atoms with Crippen LogP contribution in [0.15, 0.2) is 5.11 Å². The van der Waals surface area contributed by atoms with Crippen LogP contribution in [0.4, 0.5) is 8.78 Å². The van der Waals surface area contributed by atoms with Gasteiger partial charge in [0, 0.05) is 4.91 Å². The molecule has 0 aromatic carbocycles. The maximum atomic E-state index is 12.5. The van der Waals surface area contributed by atoms with Crippen molar-refractivity contribution in [1.29, 1.82) is 0 Å². The monoisotopic (exact) mass is 179 g/mol. The second-order valence-corrected chi connectivity index (χ2v) is 1.81. The molecule has 0 N–H and O–H groups in total. The summed E-state index contributed by atoms with van der Waals surface area (Å²) in [5, 5.41) is 2.58. The Morgan fingerprint density at radius 3 is 2.75 bits per heavy atom. The standard InChI is InChI=1S/C5H7F2N3O2/c1-2-12-4(11)5(6,7)3-9-10-8/h2-3H2,1H3. The fraction of sp³-hybridized carbons (Fsp3) is 0.800. The molecule has 0 aromatic heterocycles. The summed E-state index contributed by atoms with van der Waals surface area (Å²) in [4.78, 5) is 12.5. The first-order valence-electron chi connectivity index (χ1n) is 3.10. The predicted molar refractivity (Wildman–Crippen MR) is 35.6 cm³/mol. The van der Waals surface area contributed by atoms with E-state index in [2.05, 4.69) is 14.8 Å². The molecule has 0 aliphatic rings. The van der Waals surface area contributed by atoms with Crippen molar-refractivity contribution in [2.24, 2.45) is 5.11 Å². The van der Waals surface area contributed by atoms with E-state index < -0.39 is 18.4 Å². The summed E-state index contributed by atoms with van der Waals surface area (Å²) < 4.78 is 28.9. The molecule has 0 rings (SSSR count). The molecule has 0 aliphatic carbocycles. The second-order valence-electron chi connectivity index (χ2n) is 1.81. The number of ether oxygens (including phenoxy) is 1. The van der Waals surface area contributed by atoms with E-state index in [1.54, 1.807) is 0 Å². The van der Waals surface area contributed by atoms with Crippen molar-refractivity contribution < 1.29 is 18.3 Å². The molecule has 0 spiro atoms. The van der Waals surface area contributed by atoms with Gasteiger partial charge in [0.2, 0.25) is 0 Å². The molecule has 0 saturated heterocycles. The highest BCUT2D eigenvalue weighted by atomic mass is 19.3. The Hall–Kier alpha value is -1.36. The van der Waals surface area contributed by atoms with Crippen LogP contribution in [0.3, 0.4) is 0 Å². The van der Waals surface area contributed by atoms with Crippen molar-refractivity contribution in [2.45, 2.75) is 12.8 Å². The molecule has 0 fully saturated rings. The van der Waals surface area contributed by atoms with Crippen molar-refractivity contribution in [2.75, 3.05) is 13.2 Å². The average molecular weight is 179 g/mol. The summed E-state index contributed by atoms with van der Waals surface area (Å²) in [5.74, 6) is -5.39. The zero-order chi connectivity index (χ0) is 9.61.